The normalized spacial score (nSPS) is 19.9. The molecule has 0 bridgehead atoms. The molecule has 1 saturated heterocycles. The van der Waals surface area contributed by atoms with Crippen LogP contribution in [0.5, 0.6) is 0 Å². The summed E-state index contributed by atoms with van der Waals surface area (Å²) in [7, 11) is -1.40. The van der Waals surface area contributed by atoms with Gasteiger partial charge in [-0.3, -0.25) is 4.79 Å². The predicted octanol–water partition coefficient (Wildman–Crippen LogP) is 0.914. The van der Waals surface area contributed by atoms with Crippen molar-refractivity contribution in [1.82, 2.24) is 10.2 Å². The summed E-state index contributed by atoms with van der Waals surface area (Å²) in [5, 5.41) is 3.19. The second-order valence-corrected chi connectivity index (χ2v) is 7.19. The summed E-state index contributed by atoms with van der Waals surface area (Å²) in [6.07, 6.45) is 3.17. The molecule has 20 heavy (non-hydrogen) atoms. The van der Waals surface area contributed by atoms with Crippen molar-refractivity contribution in [3.05, 3.63) is 29.8 Å². The van der Waals surface area contributed by atoms with Crippen LogP contribution in [0.25, 0.3) is 0 Å². The van der Waals surface area contributed by atoms with Crippen molar-refractivity contribution in [1.29, 1.82) is 0 Å². The molecule has 110 valence electrons. The Morgan fingerprint density at radius 2 is 2.15 bits per heavy atom. The van der Waals surface area contributed by atoms with Crippen molar-refractivity contribution in [2.24, 2.45) is 0 Å². The van der Waals surface area contributed by atoms with E-state index in [0.29, 0.717) is 18.2 Å². The molecule has 0 spiro atoms. The van der Waals surface area contributed by atoms with Gasteiger partial charge in [-0.2, -0.15) is 0 Å². The Balaban J connectivity index is 2.21. The summed E-state index contributed by atoms with van der Waals surface area (Å²) in [6.45, 7) is 1.39. The number of hydrogen-bond acceptors (Lipinski definition) is 4. The molecule has 1 atom stereocenters. The molecule has 0 aliphatic carbocycles. The molecule has 0 aromatic heterocycles. The fourth-order valence-corrected chi connectivity index (χ4v) is 3.11. The van der Waals surface area contributed by atoms with Crippen LogP contribution in [0.2, 0.25) is 0 Å². The number of sulfone groups is 1. The van der Waals surface area contributed by atoms with E-state index in [2.05, 4.69) is 5.32 Å². The molecule has 1 unspecified atom stereocenters. The van der Waals surface area contributed by atoms with Crippen LogP contribution in [0, 0.1) is 0 Å². The van der Waals surface area contributed by atoms with Gasteiger partial charge in [-0.25, -0.2) is 8.42 Å². The number of nitrogens with zero attached hydrogens (tertiary/aromatic N) is 1. The van der Waals surface area contributed by atoms with Gasteiger partial charge < -0.3 is 10.2 Å². The van der Waals surface area contributed by atoms with Crippen LogP contribution in [-0.4, -0.2) is 51.7 Å². The van der Waals surface area contributed by atoms with Gasteiger partial charge in [0.1, 0.15) is 0 Å². The molecule has 1 N–H and O–H groups in total. The number of benzene rings is 1. The summed E-state index contributed by atoms with van der Waals surface area (Å²) in [5.41, 5.74) is 0.435. The van der Waals surface area contributed by atoms with Gasteiger partial charge in [-0.05, 0) is 38.1 Å². The number of nitrogens with one attached hydrogen (secondary N) is 1. The minimum Gasteiger partial charge on any atom is -0.337 e. The minimum absolute atomic E-state index is 0.101. The van der Waals surface area contributed by atoms with E-state index in [-0.39, 0.29) is 10.8 Å². The maximum absolute atomic E-state index is 12.4. The van der Waals surface area contributed by atoms with E-state index in [0.717, 1.165) is 25.6 Å². The van der Waals surface area contributed by atoms with Gasteiger partial charge in [0.2, 0.25) is 0 Å². The standard InChI is InChI=1S/C14H20N2O3S/c1-15-12-6-4-8-16(10-12)14(17)11-5-3-7-13(9-11)20(2,18)19/h3,5,7,9,12,15H,4,6,8,10H2,1-2H3. The van der Waals surface area contributed by atoms with Crippen LogP contribution in [0.1, 0.15) is 23.2 Å². The van der Waals surface area contributed by atoms with E-state index in [9.17, 15) is 13.2 Å². The van der Waals surface area contributed by atoms with E-state index in [1.807, 2.05) is 7.05 Å². The van der Waals surface area contributed by atoms with E-state index in [1.54, 1.807) is 17.0 Å². The highest BCUT2D eigenvalue weighted by atomic mass is 32.2. The highest BCUT2D eigenvalue weighted by molar-refractivity contribution is 7.90. The van der Waals surface area contributed by atoms with Gasteiger partial charge in [-0.15, -0.1) is 0 Å². The van der Waals surface area contributed by atoms with Crippen molar-refractivity contribution in [2.45, 2.75) is 23.8 Å². The third-order valence-electron chi connectivity index (χ3n) is 3.63. The molecule has 0 saturated carbocycles. The lowest BCUT2D eigenvalue weighted by molar-refractivity contribution is 0.0698. The number of hydrogen-bond donors (Lipinski definition) is 1. The number of likely N-dealkylation sites (tertiary alicyclic amines) is 1. The Morgan fingerprint density at radius 1 is 1.40 bits per heavy atom. The summed E-state index contributed by atoms with van der Waals surface area (Å²) in [6, 6.07) is 6.56. The smallest absolute Gasteiger partial charge is 0.253 e. The number of amides is 1. The average molecular weight is 296 g/mol. The molecule has 0 radical (unpaired) electrons. The van der Waals surface area contributed by atoms with Crippen LogP contribution in [0.3, 0.4) is 0 Å². The highest BCUT2D eigenvalue weighted by Crippen LogP contribution is 2.16. The van der Waals surface area contributed by atoms with Gasteiger partial charge in [0.15, 0.2) is 9.84 Å². The van der Waals surface area contributed by atoms with Gasteiger partial charge in [-0.1, -0.05) is 6.07 Å². The van der Waals surface area contributed by atoms with Crippen molar-refractivity contribution in [3.8, 4) is 0 Å². The van der Waals surface area contributed by atoms with Crippen LogP contribution < -0.4 is 5.32 Å². The Hall–Kier alpha value is -1.40. The van der Waals surface area contributed by atoms with E-state index < -0.39 is 9.84 Å². The third kappa shape index (κ3) is 3.37. The molecular weight excluding hydrogens is 276 g/mol. The van der Waals surface area contributed by atoms with Crippen molar-refractivity contribution < 1.29 is 13.2 Å². The summed E-state index contributed by atoms with van der Waals surface area (Å²) < 4.78 is 23.1. The maximum Gasteiger partial charge on any atom is 0.253 e. The van der Waals surface area contributed by atoms with Crippen LogP contribution >= 0.6 is 0 Å². The zero-order valence-electron chi connectivity index (χ0n) is 11.8. The molecule has 6 heteroatoms. The van der Waals surface area contributed by atoms with Crippen LogP contribution in [-0.2, 0) is 9.84 Å². The fraction of sp³-hybridized carbons (Fsp3) is 0.500. The number of carbonyl (C=O) groups is 1. The molecule has 1 aliphatic heterocycles. The summed E-state index contributed by atoms with van der Waals surface area (Å²) >= 11 is 0. The molecule has 1 aromatic rings. The zero-order chi connectivity index (χ0) is 14.8. The molecule has 1 aliphatic rings. The SMILES string of the molecule is CNC1CCCN(C(=O)c2cccc(S(C)(=O)=O)c2)C1. The Kier molecular flexibility index (Phi) is 4.45. The van der Waals surface area contributed by atoms with Gasteiger partial charge in [0.25, 0.3) is 5.91 Å². The third-order valence-corrected chi connectivity index (χ3v) is 4.74. The summed E-state index contributed by atoms with van der Waals surface area (Å²) in [4.78, 5) is 14.4. The molecule has 2 rings (SSSR count). The first-order valence-electron chi connectivity index (χ1n) is 6.68. The quantitative estimate of drug-likeness (QED) is 0.900. The Bertz CT molecular complexity index is 598. The number of carbonyl (C=O) groups excluding carboxylic acids is 1. The molecule has 1 fully saturated rings. The molecule has 1 aromatic carbocycles. The predicted molar refractivity (Wildman–Crippen MR) is 77.5 cm³/mol. The topological polar surface area (TPSA) is 66.5 Å². The molecule has 1 amide bonds. The molecule has 1 heterocycles. The van der Waals surface area contributed by atoms with Crippen molar-refractivity contribution in [3.63, 3.8) is 0 Å². The molecule has 5 nitrogen and oxygen atoms in total. The lowest BCUT2D eigenvalue weighted by Crippen LogP contribution is -2.46. The number of piperidine rings is 1. The lowest BCUT2D eigenvalue weighted by atomic mass is 10.0. The van der Waals surface area contributed by atoms with Gasteiger partial charge >= 0.3 is 0 Å². The van der Waals surface area contributed by atoms with Crippen molar-refractivity contribution in [2.75, 3.05) is 26.4 Å². The number of rotatable bonds is 3. The Morgan fingerprint density at radius 3 is 2.80 bits per heavy atom. The van der Waals surface area contributed by atoms with Gasteiger partial charge in [0, 0.05) is 31.0 Å². The second-order valence-electron chi connectivity index (χ2n) is 5.18. The van der Waals surface area contributed by atoms with Crippen LogP contribution in [0.4, 0.5) is 0 Å². The fourth-order valence-electron chi connectivity index (χ4n) is 2.44. The monoisotopic (exact) mass is 296 g/mol. The van der Waals surface area contributed by atoms with E-state index in [1.165, 1.54) is 12.1 Å². The first-order valence-corrected chi connectivity index (χ1v) is 8.57. The first-order chi connectivity index (χ1) is 9.41. The van der Waals surface area contributed by atoms with E-state index in [4.69, 9.17) is 0 Å². The largest absolute Gasteiger partial charge is 0.337 e. The minimum atomic E-state index is -3.29. The maximum atomic E-state index is 12.4. The highest BCUT2D eigenvalue weighted by Gasteiger charge is 2.24. The zero-order valence-corrected chi connectivity index (χ0v) is 12.6. The summed E-state index contributed by atoms with van der Waals surface area (Å²) in [5.74, 6) is -0.101. The van der Waals surface area contributed by atoms with Gasteiger partial charge in [0.05, 0.1) is 4.90 Å². The Labute approximate surface area is 119 Å². The number of likely N-dealkylation sites (N-methyl/N-ethyl adjacent to an activating group) is 1. The first kappa shape index (κ1) is 15.0. The molecular formula is C14H20N2O3S. The van der Waals surface area contributed by atoms with Crippen LogP contribution in [0.15, 0.2) is 29.2 Å². The lowest BCUT2D eigenvalue weighted by Gasteiger charge is -2.32. The second kappa shape index (κ2) is 5.93. The average Bonchev–Trinajstić information content (AvgIpc) is 2.46. The van der Waals surface area contributed by atoms with Crippen molar-refractivity contribution >= 4 is 15.7 Å². The van der Waals surface area contributed by atoms with E-state index >= 15 is 0 Å².